The van der Waals surface area contributed by atoms with E-state index in [-0.39, 0.29) is 0 Å². The van der Waals surface area contributed by atoms with Crippen molar-refractivity contribution >= 4 is 5.88 Å². The summed E-state index contributed by atoms with van der Waals surface area (Å²) in [5.41, 5.74) is 8.76. The number of hydrogen-bond donors (Lipinski definition) is 1. The second-order valence-electron chi connectivity index (χ2n) is 3.38. The summed E-state index contributed by atoms with van der Waals surface area (Å²) in [6, 6.07) is 10.1. The molecule has 1 aromatic heterocycles. The zero-order valence-corrected chi connectivity index (χ0v) is 8.03. The number of hydrogen-bond acceptors (Lipinski definition) is 3. The molecule has 3 heteroatoms. The third-order valence-corrected chi connectivity index (χ3v) is 2.08. The lowest BCUT2D eigenvalue weighted by atomic mass is 10.1. The first-order valence-electron chi connectivity index (χ1n) is 4.50. The summed E-state index contributed by atoms with van der Waals surface area (Å²) in [7, 11) is 0. The third-order valence-electron chi connectivity index (χ3n) is 2.08. The quantitative estimate of drug-likeness (QED) is 0.785. The molecule has 2 N–H and O–H groups in total. The average Bonchev–Trinajstić information content (AvgIpc) is 2.56. The molecule has 0 aliphatic carbocycles. The van der Waals surface area contributed by atoms with Crippen LogP contribution in [0.3, 0.4) is 0 Å². The molecule has 0 bridgehead atoms. The second kappa shape index (κ2) is 3.54. The van der Waals surface area contributed by atoms with Crippen LogP contribution in [0.4, 0.5) is 5.88 Å². The number of aryl methyl sites for hydroxylation is 1. The molecule has 0 aliphatic rings. The van der Waals surface area contributed by atoms with Crippen molar-refractivity contribution in [3.63, 3.8) is 0 Å². The summed E-state index contributed by atoms with van der Waals surface area (Å²) in [4.78, 5) is 0. The number of nitrogen functional groups attached to an aromatic ring is 1. The fraction of sp³-hybridized carbons (Fsp3) is 0.182. The third kappa shape index (κ3) is 1.93. The molecule has 0 spiro atoms. The normalized spacial score (nSPS) is 10.4. The molecule has 14 heavy (non-hydrogen) atoms. The maximum absolute atomic E-state index is 5.43. The fourth-order valence-corrected chi connectivity index (χ4v) is 1.33. The molecular formula is C11H12N2O. The van der Waals surface area contributed by atoms with Gasteiger partial charge in [-0.3, -0.25) is 0 Å². The van der Waals surface area contributed by atoms with Gasteiger partial charge in [-0.15, -0.1) is 0 Å². The smallest absolute Gasteiger partial charge is 0.222 e. The van der Waals surface area contributed by atoms with E-state index in [1.165, 1.54) is 11.1 Å². The maximum atomic E-state index is 5.43. The predicted molar refractivity (Wildman–Crippen MR) is 54.9 cm³/mol. The summed E-state index contributed by atoms with van der Waals surface area (Å²) in [6.07, 6.45) is 0.765. The number of nitrogens with zero attached hydrogens (tertiary/aromatic N) is 1. The number of benzene rings is 1. The minimum atomic E-state index is 0.368. The summed E-state index contributed by atoms with van der Waals surface area (Å²) < 4.78 is 4.79. The van der Waals surface area contributed by atoms with Gasteiger partial charge in [-0.25, -0.2) is 0 Å². The van der Waals surface area contributed by atoms with E-state index in [1.807, 2.05) is 0 Å². The van der Waals surface area contributed by atoms with Crippen molar-refractivity contribution in [1.29, 1.82) is 0 Å². The Morgan fingerprint density at radius 2 is 2.00 bits per heavy atom. The topological polar surface area (TPSA) is 52.0 Å². The Morgan fingerprint density at radius 1 is 1.29 bits per heavy atom. The highest BCUT2D eigenvalue weighted by atomic mass is 16.5. The summed E-state index contributed by atoms with van der Waals surface area (Å²) in [5, 5.41) is 3.83. The first-order valence-corrected chi connectivity index (χ1v) is 4.50. The van der Waals surface area contributed by atoms with Crippen LogP contribution in [0.15, 0.2) is 34.9 Å². The number of rotatable bonds is 2. The molecule has 1 aromatic carbocycles. The molecule has 0 saturated heterocycles. The summed E-state index contributed by atoms with van der Waals surface area (Å²) >= 11 is 0. The van der Waals surface area contributed by atoms with Crippen LogP contribution in [0.1, 0.15) is 16.8 Å². The summed E-state index contributed by atoms with van der Waals surface area (Å²) in [6.45, 7) is 2.07. The van der Waals surface area contributed by atoms with Crippen LogP contribution in [0.5, 0.6) is 0 Å². The van der Waals surface area contributed by atoms with Gasteiger partial charge in [-0.1, -0.05) is 35.0 Å². The molecule has 1 heterocycles. The molecule has 0 aliphatic heterocycles. The van der Waals surface area contributed by atoms with Crippen molar-refractivity contribution in [1.82, 2.24) is 5.16 Å². The van der Waals surface area contributed by atoms with Crippen molar-refractivity contribution in [2.75, 3.05) is 5.73 Å². The van der Waals surface area contributed by atoms with E-state index >= 15 is 0 Å². The zero-order chi connectivity index (χ0) is 9.97. The molecule has 0 amide bonds. The first kappa shape index (κ1) is 8.81. The monoisotopic (exact) mass is 188 g/mol. The Kier molecular flexibility index (Phi) is 2.23. The van der Waals surface area contributed by atoms with E-state index in [1.54, 1.807) is 6.07 Å². The molecule has 0 atom stereocenters. The van der Waals surface area contributed by atoms with Crippen LogP contribution in [0.2, 0.25) is 0 Å². The molecule has 0 unspecified atom stereocenters. The van der Waals surface area contributed by atoms with E-state index in [9.17, 15) is 0 Å². The van der Waals surface area contributed by atoms with Gasteiger partial charge in [0.25, 0.3) is 0 Å². The van der Waals surface area contributed by atoms with Gasteiger partial charge in [0.2, 0.25) is 5.88 Å². The van der Waals surface area contributed by atoms with Crippen molar-refractivity contribution < 1.29 is 4.52 Å². The Bertz CT molecular complexity index is 417. The van der Waals surface area contributed by atoms with Crippen molar-refractivity contribution in [3.05, 3.63) is 47.2 Å². The first-order chi connectivity index (χ1) is 6.74. The summed E-state index contributed by atoms with van der Waals surface area (Å²) in [5.74, 6) is 0.368. The van der Waals surface area contributed by atoms with Gasteiger partial charge in [0.1, 0.15) is 0 Å². The number of nitrogens with two attached hydrogens (primary N) is 1. The Morgan fingerprint density at radius 3 is 2.57 bits per heavy atom. The van der Waals surface area contributed by atoms with Gasteiger partial charge in [0.15, 0.2) is 0 Å². The van der Waals surface area contributed by atoms with Crippen LogP contribution < -0.4 is 5.73 Å². The zero-order valence-electron chi connectivity index (χ0n) is 8.03. The van der Waals surface area contributed by atoms with Gasteiger partial charge in [0, 0.05) is 12.5 Å². The highest BCUT2D eigenvalue weighted by Crippen LogP contribution is 2.11. The average molecular weight is 188 g/mol. The lowest BCUT2D eigenvalue weighted by Gasteiger charge is -1.97. The van der Waals surface area contributed by atoms with E-state index < -0.39 is 0 Å². The number of aromatic nitrogens is 1. The molecule has 2 rings (SSSR count). The van der Waals surface area contributed by atoms with E-state index in [2.05, 4.69) is 36.3 Å². The minimum absolute atomic E-state index is 0.368. The molecule has 2 aromatic rings. The van der Waals surface area contributed by atoms with Crippen molar-refractivity contribution in [3.8, 4) is 0 Å². The molecule has 3 nitrogen and oxygen atoms in total. The van der Waals surface area contributed by atoms with Gasteiger partial charge in [0.05, 0.1) is 5.69 Å². The van der Waals surface area contributed by atoms with Gasteiger partial charge in [-0.05, 0) is 12.5 Å². The van der Waals surface area contributed by atoms with E-state index in [0.717, 1.165) is 12.1 Å². The maximum Gasteiger partial charge on any atom is 0.222 e. The molecule has 0 fully saturated rings. The fourth-order valence-electron chi connectivity index (χ4n) is 1.33. The lowest BCUT2D eigenvalue weighted by Crippen LogP contribution is -1.87. The largest absolute Gasteiger partial charge is 0.368 e. The second-order valence-corrected chi connectivity index (χ2v) is 3.38. The van der Waals surface area contributed by atoms with Crippen LogP contribution in [0, 0.1) is 6.92 Å². The predicted octanol–water partition coefficient (Wildman–Crippen LogP) is 2.16. The van der Waals surface area contributed by atoms with E-state index in [0.29, 0.717) is 5.88 Å². The SMILES string of the molecule is Cc1ccc(Cc2cc(N)on2)cc1. The van der Waals surface area contributed by atoms with Gasteiger partial charge >= 0.3 is 0 Å². The standard InChI is InChI=1S/C11H12N2O/c1-8-2-4-9(5-3-8)6-10-7-11(12)14-13-10/h2-5,7H,6,12H2,1H3. The van der Waals surface area contributed by atoms with Crippen LogP contribution in [0.25, 0.3) is 0 Å². The highest BCUT2D eigenvalue weighted by molar-refractivity contribution is 5.29. The Hall–Kier alpha value is -1.77. The Labute approximate surface area is 82.5 Å². The van der Waals surface area contributed by atoms with Crippen molar-refractivity contribution in [2.24, 2.45) is 0 Å². The molecule has 72 valence electrons. The molecule has 0 radical (unpaired) electrons. The Balaban J connectivity index is 2.15. The van der Waals surface area contributed by atoms with Crippen molar-refractivity contribution in [2.45, 2.75) is 13.3 Å². The highest BCUT2D eigenvalue weighted by Gasteiger charge is 2.01. The van der Waals surface area contributed by atoms with Crippen LogP contribution in [-0.2, 0) is 6.42 Å². The van der Waals surface area contributed by atoms with Gasteiger partial charge < -0.3 is 10.3 Å². The lowest BCUT2D eigenvalue weighted by molar-refractivity contribution is 0.429. The van der Waals surface area contributed by atoms with Crippen LogP contribution >= 0.6 is 0 Å². The molecule has 0 saturated carbocycles. The van der Waals surface area contributed by atoms with Crippen LogP contribution in [-0.4, -0.2) is 5.16 Å². The molecular weight excluding hydrogens is 176 g/mol. The number of anilines is 1. The van der Waals surface area contributed by atoms with E-state index in [4.69, 9.17) is 10.3 Å². The van der Waals surface area contributed by atoms with Gasteiger partial charge in [-0.2, -0.15) is 0 Å². The minimum Gasteiger partial charge on any atom is -0.368 e.